The number of aromatic nitrogens is 1. The number of nitriles is 1. The lowest BCUT2D eigenvalue weighted by atomic mass is 10.1. The molecule has 3 rings (SSSR count). The summed E-state index contributed by atoms with van der Waals surface area (Å²) >= 11 is 1.45. The number of nitrogens with one attached hydrogen (secondary N) is 2. The van der Waals surface area contributed by atoms with E-state index in [1.165, 1.54) is 17.5 Å². The van der Waals surface area contributed by atoms with Gasteiger partial charge in [0.1, 0.15) is 5.01 Å². The van der Waals surface area contributed by atoms with Gasteiger partial charge in [0.05, 0.1) is 23.2 Å². The smallest absolute Gasteiger partial charge is 0.252 e. The van der Waals surface area contributed by atoms with Gasteiger partial charge in [-0.1, -0.05) is 36.4 Å². The largest absolute Gasteiger partial charge is 0.347 e. The first-order chi connectivity index (χ1) is 12.2. The van der Waals surface area contributed by atoms with Gasteiger partial charge in [-0.25, -0.2) is 4.98 Å². The van der Waals surface area contributed by atoms with Gasteiger partial charge in [0, 0.05) is 0 Å². The Kier molecular flexibility index (Phi) is 5.02. The summed E-state index contributed by atoms with van der Waals surface area (Å²) in [6, 6.07) is 16.1. The topological polar surface area (TPSA) is 94.9 Å². The molecule has 0 aliphatic carbocycles. The molecule has 0 aliphatic rings. The van der Waals surface area contributed by atoms with E-state index in [1.807, 2.05) is 47.8 Å². The average molecular weight is 350 g/mol. The van der Waals surface area contributed by atoms with Crippen molar-refractivity contribution in [1.82, 2.24) is 15.6 Å². The van der Waals surface area contributed by atoms with Crippen LogP contribution in [0.4, 0.5) is 0 Å². The van der Waals surface area contributed by atoms with Crippen molar-refractivity contribution in [1.29, 1.82) is 5.26 Å². The first kappa shape index (κ1) is 16.6. The molecule has 0 saturated carbocycles. The number of carbonyl (C=O) groups is 2. The Morgan fingerprint density at radius 2 is 1.88 bits per heavy atom. The van der Waals surface area contributed by atoms with Gasteiger partial charge >= 0.3 is 0 Å². The Morgan fingerprint density at radius 1 is 1.08 bits per heavy atom. The zero-order chi connectivity index (χ0) is 17.6. The molecule has 0 bridgehead atoms. The van der Waals surface area contributed by atoms with Crippen molar-refractivity contribution in [2.24, 2.45) is 0 Å². The van der Waals surface area contributed by atoms with Crippen molar-refractivity contribution in [3.63, 3.8) is 0 Å². The van der Waals surface area contributed by atoms with Crippen molar-refractivity contribution < 1.29 is 9.59 Å². The number of amides is 2. The van der Waals surface area contributed by atoms with Gasteiger partial charge in [0.25, 0.3) is 5.91 Å². The molecule has 0 unspecified atom stereocenters. The SMILES string of the molecule is N#CNC(=O)CNC(=O)Cc1nc2ccc(-c3ccccc3)cc2s1. The predicted octanol–water partition coefficient (Wildman–Crippen LogP) is 2.22. The fraction of sp³-hybridized carbons (Fsp3) is 0.111. The maximum absolute atomic E-state index is 11.9. The summed E-state index contributed by atoms with van der Waals surface area (Å²) in [5.74, 6) is -0.858. The zero-order valence-corrected chi connectivity index (χ0v) is 14.0. The Morgan fingerprint density at radius 3 is 2.64 bits per heavy atom. The van der Waals surface area contributed by atoms with E-state index >= 15 is 0 Å². The molecule has 1 aromatic heterocycles. The summed E-state index contributed by atoms with van der Waals surface area (Å²) in [5.41, 5.74) is 3.07. The molecule has 25 heavy (non-hydrogen) atoms. The molecular weight excluding hydrogens is 336 g/mol. The highest BCUT2D eigenvalue weighted by Gasteiger charge is 2.11. The lowest BCUT2D eigenvalue weighted by molar-refractivity contribution is -0.125. The molecule has 0 radical (unpaired) electrons. The van der Waals surface area contributed by atoms with Gasteiger partial charge in [-0.15, -0.1) is 11.3 Å². The van der Waals surface area contributed by atoms with Gasteiger partial charge in [-0.2, -0.15) is 5.26 Å². The van der Waals surface area contributed by atoms with E-state index in [-0.39, 0.29) is 18.9 Å². The van der Waals surface area contributed by atoms with E-state index in [9.17, 15) is 9.59 Å². The van der Waals surface area contributed by atoms with Crippen LogP contribution in [0.2, 0.25) is 0 Å². The molecule has 7 heteroatoms. The van der Waals surface area contributed by atoms with E-state index in [2.05, 4.69) is 16.4 Å². The average Bonchev–Trinajstić information content (AvgIpc) is 3.02. The van der Waals surface area contributed by atoms with Crippen LogP contribution in [0.1, 0.15) is 5.01 Å². The Hall–Kier alpha value is -3.24. The lowest BCUT2D eigenvalue weighted by Gasteiger charge is -2.01. The fourth-order valence-corrected chi connectivity index (χ4v) is 3.35. The maximum Gasteiger partial charge on any atom is 0.252 e. The molecule has 1 heterocycles. The number of benzene rings is 2. The molecule has 0 fully saturated rings. The fourth-order valence-electron chi connectivity index (χ4n) is 2.34. The predicted molar refractivity (Wildman–Crippen MR) is 95.5 cm³/mol. The van der Waals surface area contributed by atoms with Crippen molar-refractivity contribution in [2.45, 2.75) is 6.42 Å². The van der Waals surface area contributed by atoms with E-state index in [0.29, 0.717) is 5.01 Å². The van der Waals surface area contributed by atoms with Crippen LogP contribution in [0.3, 0.4) is 0 Å². The number of thiazole rings is 1. The van der Waals surface area contributed by atoms with E-state index < -0.39 is 5.91 Å². The highest BCUT2D eigenvalue weighted by molar-refractivity contribution is 7.18. The highest BCUT2D eigenvalue weighted by Crippen LogP contribution is 2.28. The summed E-state index contributed by atoms with van der Waals surface area (Å²) in [4.78, 5) is 27.5. The summed E-state index contributed by atoms with van der Waals surface area (Å²) in [7, 11) is 0. The molecule has 0 atom stereocenters. The third kappa shape index (κ3) is 4.19. The van der Waals surface area contributed by atoms with E-state index in [0.717, 1.165) is 21.3 Å². The quantitative estimate of drug-likeness (QED) is 0.545. The third-order valence-corrected chi connectivity index (χ3v) is 4.51. The van der Waals surface area contributed by atoms with E-state index in [4.69, 9.17) is 5.26 Å². The molecule has 2 aromatic carbocycles. The number of nitrogens with zero attached hydrogens (tertiary/aromatic N) is 2. The van der Waals surface area contributed by atoms with Crippen LogP contribution >= 0.6 is 11.3 Å². The van der Waals surface area contributed by atoms with Crippen LogP contribution in [-0.2, 0) is 16.0 Å². The second kappa shape index (κ2) is 7.55. The van der Waals surface area contributed by atoms with Gasteiger partial charge in [0.2, 0.25) is 5.91 Å². The summed E-state index contributed by atoms with van der Waals surface area (Å²) in [5, 5.41) is 13.4. The lowest BCUT2D eigenvalue weighted by Crippen LogP contribution is -2.35. The molecule has 6 nitrogen and oxygen atoms in total. The summed E-state index contributed by atoms with van der Waals surface area (Å²) < 4.78 is 1.01. The monoisotopic (exact) mass is 350 g/mol. The van der Waals surface area contributed by atoms with E-state index in [1.54, 1.807) is 0 Å². The summed E-state index contributed by atoms with van der Waals surface area (Å²) in [6.45, 7) is -0.227. The van der Waals surface area contributed by atoms with Crippen molar-refractivity contribution in [3.05, 3.63) is 53.5 Å². The minimum Gasteiger partial charge on any atom is -0.347 e. The van der Waals surface area contributed by atoms with Crippen LogP contribution < -0.4 is 10.6 Å². The van der Waals surface area contributed by atoms with Gasteiger partial charge in [-0.3, -0.25) is 14.9 Å². The van der Waals surface area contributed by atoms with Crippen molar-refractivity contribution in [2.75, 3.05) is 6.54 Å². The number of carbonyl (C=O) groups excluding carboxylic acids is 2. The second-order valence-corrected chi connectivity index (χ2v) is 6.38. The number of hydrogen-bond donors (Lipinski definition) is 2. The zero-order valence-electron chi connectivity index (χ0n) is 13.2. The molecule has 2 amide bonds. The molecular formula is C18H14N4O2S. The summed E-state index contributed by atoms with van der Waals surface area (Å²) in [6.07, 6.45) is 1.61. The van der Waals surface area contributed by atoms with Crippen LogP contribution in [0.25, 0.3) is 21.3 Å². The normalized spacial score (nSPS) is 10.2. The van der Waals surface area contributed by atoms with Gasteiger partial charge in [0.15, 0.2) is 6.19 Å². The first-order valence-electron chi connectivity index (χ1n) is 7.55. The molecule has 0 aliphatic heterocycles. The number of hydrogen-bond acceptors (Lipinski definition) is 5. The highest BCUT2D eigenvalue weighted by atomic mass is 32.1. The third-order valence-electron chi connectivity index (χ3n) is 3.49. The molecule has 3 aromatic rings. The Bertz CT molecular complexity index is 960. The van der Waals surface area contributed by atoms with Crippen LogP contribution in [0, 0.1) is 11.5 Å². The Labute approximate surface area is 148 Å². The minimum atomic E-state index is -0.548. The van der Waals surface area contributed by atoms with Crippen molar-refractivity contribution in [3.8, 4) is 17.3 Å². The second-order valence-electron chi connectivity index (χ2n) is 5.27. The minimum absolute atomic E-state index is 0.0971. The molecule has 2 N–H and O–H groups in total. The number of rotatable bonds is 5. The first-order valence-corrected chi connectivity index (χ1v) is 8.37. The number of fused-ring (bicyclic) bond motifs is 1. The molecule has 124 valence electrons. The maximum atomic E-state index is 11.9. The van der Waals surface area contributed by atoms with Gasteiger partial charge in [-0.05, 0) is 23.3 Å². The van der Waals surface area contributed by atoms with Gasteiger partial charge < -0.3 is 5.32 Å². The Balaban J connectivity index is 1.70. The standard InChI is InChI=1S/C18H14N4O2S/c19-11-21-17(24)10-20-16(23)9-18-22-14-7-6-13(8-15(14)25-18)12-4-2-1-3-5-12/h1-8H,9-10H2,(H,20,23)(H,21,24). The van der Waals surface area contributed by atoms with Crippen LogP contribution in [0.5, 0.6) is 0 Å². The molecule has 0 saturated heterocycles. The van der Waals surface area contributed by atoms with Crippen LogP contribution in [0.15, 0.2) is 48.5 Å². The van der Waals surface area contributed by atoms with Crippen molar-refractivity contribution >= 4 is 33.4 Å². The van der Waals surface area contributed by atoms with Crippen LogP contribution in [-0.4, -0.2) is 23.3 Å². The molecule has 0 spiro atoms.